The molecule has 1 aromatic rings. The Hall–Kier alpha value is -1.49. The van der Waals surface area contributed by atoms with Gasteiger partial charge in [0.1, 0.15) is 5.78 Å². The first kappa shape index (κ1) is 7.62. The molecule has 1 rings (SSSR count). The molecule has 0 aliphatic rings. The van der Waals surface area contributed by atoms with Gasteiger partial charge in [0.2, 0.25) is 0 Å². The third-order valence-corrected chi connectivity index (χ3v) is 1.23. The van der Waals surface area contributed by atoms with E-state index in [-0.39, 0.29) is 11.5 Å². The van der Waals surface area contributed by atoms with E-state index < -0.39 is 0 Å². The molecule has 0 aliphatic heterocycles. The molecule has 11 heavy (non-hydrogen) atoms. The van der Waals surface area contributed by atoms with Gasteiger partial charge in [0.15, 0.2) is 5.75 Å². The minimum atomic E-state index is 0.0531. The van der Waals surface area contributed by atoms with E-state index in [4.69, 9.17) is 5.11 Å². The normalized spacial score (nSPS) is 8.82. The lowest BCUT2D eigenvalue weighted by Crippen LogP contribution is -1.94. The minimum absolute atomic E-state index is 0.0531. The zero-order valence-electron chi connectivity index (χ0n) is 6.22. The molecule has 0 fully saturated rings. The first-order valence-corrected chi connectivity index (χ1v) is 3.30. The van der Waals surface area contributed by atoms with E-state index in [2.05, 4.69) is 12.1 Å². The van der Waals surface area contributed by atoms with Crippen LogP contribution in [0.15, 0.2) is 12.1 Å². The standard InChI is InChI=1S/C9H8O2/c1-7(10)6-8-2-4-9(11)5-3-8/h2,4,11H,6H2,1H3. The summed E-state index contributed by atoms with van der Waals surface area (Å²) >= 11 is 0. The maximum Gasteiger partial charge on any atom is 0.167 e. The van der Waals surface area contributed by atoms with E-state index in [0.29, 0.717) is 6.42 Å². The monoisotopic (exact) mass is 148 g/mol. The number of ketones is 1. The molecule has 2 heteroatoms. The van der Waals surface area contributed by atoms with Crippen molar-refractivity contribution in [1.29, 1.82) is 0 Å². The predicted octanol–water partition coefficient (Wildman–Crippen LogP) is 1.12. The Bertz CT molecular complexity index is 249. The Kier molecular flexibility index (Phi) is 2.12. The van der Waals surface area contributed by atoms with Crippen molar-refractivity contribution in [1.82, 2.24) is 0 Å². The molecule has 0 aliphatic carbocycles. The second kappa shape index (κ2) is 3.07. The van der Waals surface area contributed by atoms with Gasteiger partial charge in [-0.25, -0.2) is 0 Å². The molecule has 56 valence electrons. The van der Waals surface area contributed by atoms with Gasteiger partial charge in [-0.2, -0.15) is 0 Å². The van der Waals surface area contributed by atoms with Gasteiger partial charge in [0.05, 0.1) is 0 Å². The first-order chi connectivity index (χ1) is 5.18. The molecule has 0 unspecified atom stereocenters. The van der Waals surface area contributed by atoms with Crippen molar-refractivity contribution in [2.24, 2.45) is 0 Å². The van der Waals surface area contributed by atoms with E-state index in [9.17, 15) is 4.79 Å². The van der Waals surface area contributed by atoms with E-state index in [1.807, 2.05) is 0 Å². The predicted molar refractivity (Wildman–Crippen MR) is 40.2 cm³/mol. The summed E-state index contributed by atoms with van der Waals surface area (Å²) in [5.74, 6) is 0.137. The van der Waals surface area contributed by atoms with Crippen LogP contribution in [0, 0.1) is 12.1 Å². The van der Waals surface area contributed by atoms with Crippen molar-refractivity contribution >= 4 is 5.78 Å². The van der Waals surface area contributed by atoms with Crippen LogP contribution in [0.4, 0.5) is 0 Å². The van der Waals surface area contributed by atoms with Crippen molar-refractivity contribution in [3.05, 3.63) is 29.8 Å². The van der Waals surface area contributed by atoms with Crippen LogP contribution in [0.2, 0.25) is 0 Å². The number of hydrogen-bond acceptors (Lipinski definition) is 2. The first-order valence-electron chi connectivity index (χ1n) is 3.30. The highest BCUT2D eigenvalue weighted by Gasteiger charge is 1.95. The lowest BCUT2D eigenvalue weighted by molar-refractivity contribution is -0.116. The van der Waals surface area contributed by atoms with Gasteiger partial charge < -0.3 is 5.11 Å². The highest BCUT2D eigenvalue weighted by molar-refractivity contribution is 5.77. The van der Waals surface area contributed by atoms with Gasteiger partial charge in [0.25, 0.3) is 0 Å². The Morgan fingerprint density at radius 3 is 2.73 bits per heavy atom. The van der Waals surface area contributed by atoms with Crippen LogP contribution in [-0.4, -0.2) is 10.9 Å². The molecule has 0 amide bonds. The average molecular weight is 148 g/mol. The fourth-order valence-electron chi connectivity index (χ4n) is 0.778. The Morgan fingerprint density at radius 1 is 1.55 bits per heavy atom. The second-order valence-electron chi connectivity index (χ2n) is 2.37. The summed E-state index contributed by atoms with van der Waals surface area (Å²) < 4.78 is 0. The fourth-order valence-corrected chi connectivity index (χ4v) is 0.778. The molecule has 0 radical (unpaired) electrons. The van der Waals surface area contributed by atoms with Crippen LogP contribution in [0.25, 0.3) is 0 Å². The summed E-state index contributed by atoms with van der Waals surface area (Å²) in [5.41, 5.74) is 0.760. The molecule has 0 aromatic heterocycles. The zero-order chi connectivity index (χ0) is 8.27. The summed E-state index contributed by atoms with van der Waals surface area (Å²) in [4.78, 5) is 10.6. The second-order valence-corrected chi connectivity index (χ2v) is 2.37. The molecule has 0 saturated heterocycles. The topological polar surface area (TPSA) is 37.3 Å². The highest BCUT2D eigenvalue weighted by atomic mass is 16.3. The SMILES string of the molecule is CC(=O)Cc1c#cc(O)cc1. The molecule has 1 N–H and O–H groups in total. The molecule has 0 atom stereocenters. The Balaban J connectivity index is 2.74. The lowest BCUT2D eigenvalue weighted by atomic mass is 10.1. The average Bonchev–Trinajstić information content (AvgIpc) is 1.93. The molecule has 2 nitrogen and oxygen atoms in total. The highest BCUT2D eigenvalue weighted by Crippen LogP contribution is 2.04. The van der Waals surface area contributed by atoms with Gasteiger partial charge in [-0.3, -0.25) is 4.79 Å². The van der Waals surface area contributed by atoms with E-state index in [1.165, 1.54) is 13.0 Å². The van der Waals surface area contributed by atoms with Gasteiger partial charge in [-0.05, 0) is 25.1 Å². The molecular formula is C9H8O2. The molecule has 0 saturated carbocycles. The maximum atomic E-state index is 10.6. The summed E-state index contributed by atoms with van der Waals surface area (Å²) in [6, 6.07) is 8.31. The van der Waals surface area contributed by atoms with Crippen LogP contribution in [-0.2, 0) is 11.2 Å². The van der Waals surface area contributed by atoms with Crippen LogP contribution in [0.1, 0.15) is 12.5 Å². The number of carbonyl (C=O) groups is 1. The number of Topliss-reactive ketones (excluding diaryl/α,β-unsaturated/α-hetero) is 1. The lowest BCUT2D eigenvalue weighted by Gasteiger charge is -1.91. The Morgan fingerprint density at radius 2 is 2.27 bits per heavy atom. The fraction of sp³-hybridized carbons (Fsp3) is 0.222. The number of aromatic hydroxyl groups is 1. The van der Waals surface area contributed by atoms with Crippen LogP contribution < -0.4 is 0 Å². The number of rotatable bonds is 2. The van der Waals surface area contributed by atoms with Crippen molar-refractivity contribution < 1.29 is 9.90 Å². The summed E-state index contributed by atoms with van der Waals surface area (Å²) in [7, 11) is 0. The van der Waals surface area contributed by atoms with Gasteiger partial charge in [-0.15, -0.1) is 0 Å². The van der Waals surface area contributed by atoms with E-state index in [1.54, 1.807) is 6.07 Å². The number of carbonyl (C=O) groups excluding carboxylic acids is 1. The summed E-state index contributed by atoms with van der Waals surface area (Å²) in [6.07, 6.45) is 0.358. The third-order valence-electron chi connectivity index (χ3n) is 1.23. The zero-order valence-corrected chi connectivity index (χ0v) is 6.22. The molecule has 1 aromatic carbocycles. The quantitative estimate of drug-likeness (QED) is 0.682. The van der Waals surface area contributed by atoms with Crippen molar-refractivity contribution in [2.75, 3.05) is 0 Å². The molecule has 0 spiro atoms. The number of hydrogen-bond donors (Lipinski definition) is 1. The van der Waals surface area contributed by atoms with Gasteiger partial charge >= 0.3 is 0 Å². The minimum Gasteiger partial charge on any atom is -0.501 e. The van der Waals surface area contributed by atoms with Crippen molar-refractivity contribution in [3.63, 3.8) is 0 Å². The largest absolute Gasteiger partial charge is 0.501 e. The van der Waals surface area contributed by atoms with Gasteiger partial charge in [0, 0.05) is 12.0 Å². The van der Waals surface area contributed by atoms with Gasteiger partial charge in [-0.1, -0.05) is 6.07 Å². The Labute approximate surface area is 65.5 Å². The van der Waals surface area contributed by atoms with Crippen molar-refractivity contribution in [2.45, 2.75) is 13.3 Å². The van der Waals surface area contributed by atoms with E-state index in [0.717, 1.165) is 5.56 Å². The molecule has 0 bridgehead atoms. The van der Waals surface area contributed by atoms with Crippen molar-refractivity contribution in [3.8, 4) is 5.75 Å². The van der Waals surface area contributed by atoms with Crippen LogP contribution in [0.3, 0.4) is 0 Å². The van der Waals surface area contributed by atoms with Crippen LogP contribution >= 0.6 is 0 Å². The van der Waals surface area contributed by atoms with Crippen LogP contribution in [0.5, 0.6) is 5.75 Å². The summed E-state index contributed by atoms with van der Waals surface area (Å²) in [5, 5.41) is 8.82. The maximum absolute atomic E-state index is 10.6. The van der Waals surface area contributed by atoms with E-state index >= 15 is 0 Å². The summed E-state index contributed by atoms with van der Waals surface area (Å²) in [6.45, 7) is 1.51. The molecular weight excluding hydrogens is 140 g/mol. The third kappa shape index (κ3) is 2.30. The molecule has 0 heterocycles. The smallest absolute Gasteiger partial charge is 0.167 e.